The molecule has 0 heterocycles. The lowest BCUT2D eigenvalue weighted by Crippen LogP contribution is -2.44. The quantitative estimate of drug-likeness (QED) is 0.676. The molecule has 3 heteroatoms. The van der Waals surface area contributed by atoms with Crippen LogP contribution in [-0.2, 0) is 0 Å². The smallest absolute Gasteiger partial charge is 0.0438 e. The van der Waals surface area contributed by atoms with Gasteiger partial charge < -0.3 is 10.4 Å². The second-order valence-corrected chi connectivity index (χ2v) is 6.66. The maximum absolute atomic E-state index is 8.67. The highest BCUT2D eigenvalue weighted by atomic mass is 32.2. The summed E-state index contributed by atoms with van der Waals surface area (Å²) < 4.78 is 0. The Morgan fingerprint density at radius 1 is 1.31 bits per heavy atom. The Hall–Kier alpha value is 0.270. The molecule has 0 saturated heterocycles. The zero-order chi connectivity index (χ0) is 11.9. The minimum atomic E-state index is 0.329. The Morgan fingerprint density at radius 3 is 2.81 bits per heavy atom. The van der Waals surface area contributed by atoms with E-state index < -0.39 is 0 Å². The zero-order valence-electron chi connectivity index (χ0n) is 10.8. The minimum Gasteiger partial charge on any atom is -0.396 e. The van der Waals surface area contributed by atoms with E-state index in [-0.39, 0.29) is 0 Å². The molecule has 0 aromatic carbocycles. The second kappa shape index (κ2) is 7.57. The van der Waals surface area contributed by atoms with E-state index in [4.69, 9.17) is 5.11 Å². The third kappa shape index (κ3) is 5.07. The van der Waals surface area contributed by atoms with Crippen molar-refractivity contribution >= 4 is 11.8 Å². The van der Waals surface area contributed by atoms with Crippen molar-refractivity contribution in [3.8, 4) is 0 Å². The molecular weight excluding hydrogens is 218 g/mol. The van der Waals surface area contributed by atoms with Crippen molar-refractivity contribution in [3.63, 3.8) is 0 Å². The first kappa shape index (κ1) is 14.3. The van der Waals surface area contributed by atoms with Crippen LogP contribution in [0, 0.1) is 5.41 Å². The molecule has 0 aliphatic heterocycles. The molecule has 0 spiro atoms. The molecule has 0 bridgehead atoms. The largest absolute Gasteiger partial charge is 0.396 e. The maximum Gasteiger partial charge on any atom is 0.0438 e. The highest BCUT2D eigenvalue weighted by molar-refractivity contribution is 7.99. The lowest BCUT2D eigenvalue weighted by atomic mass is 9.73. The molecule has 1 aliphatic carbocycles. The van der Waals surface area contributed by atoms with Crippen LogP contribution in [0.5, 0.6) is 0 Å². The van der Waals surface area contributed by atoms with Crippen LogP contribution in [0.3, 0.4) is 0 Å². The Kier molecular flexibility index (Phi) is 6.78. The van der Waals surface area contributed by atoms with Crippen LogP contribution < -0.4 is 5.32 Å². The molecule has 2 nitrogen and oxygen atoms in total. The van der Waals surface area contributed by atoms with Gasteiger partial charge in [-0.2, -0.15) is 11.8 Å². The molecule has 1 unspecified atom stereocenters. The normalized spacial score (nSPS) is 24.6. The topological polar surface area (TPSA) is 32.3 Å². The number of rotatable bonds is 7. The highest BCUT2D eigenvalue weighted by Gasteiger charge is 2.31. The van der Waals surface area contributed by atoms with Crippen molar-refractivity contribution in [2.45, 2.75) is 52.0 Å². The van der Waals surface area contributed by atoms with Crippen molar-refractivity contribution in [3.05, 3.63) is 0 Å². The molecule has 2 N–H and O–H groups in total. The number of hydrogen-bond acceptors (Lipinski definition) is 3. The van der Waals surface area contributed by atoms with Gasteiger partial charge in [-0.25, -0.2) is 0 Å². The van der Waals surface area contributed by atoms with Gasteiger partial charge in [-0.05, 0) is 30.4 Å². The fourth-order valence-corrected chi connectivity index (χ4v) is 3.25. The van der Waals surface area contributed by atoms with E-state index in [2.05, 4.69) is 19.2 Å². The van der Waals surface area contributed by atoms with Gasteiger partial charge in [0.05, 0.1) is 0 Å². The van der Waals surface area contributed by atoms with Crippen LogP contribution in [0.25, 0.3) is 0 Å². The molecule has 1 aliphatic rings. The molecule has 16 heavy (non-hydrogen) atoms. The lowest BCUT2D eigenvalue weighted by Gasteiger charge is -2.39. The van der Waals surface area contributed by atoms with Gasteiger partial charge in [0.2, 0.25) is 0 Å². The van der Waals surface area contributed by atoms with Gasteiger partial charge in [-0.15, -0.1) is 0 Å². The van der Waals surface area contributed by atoms with Gasteiger partial charge in [0.25, 0.3) is 0 Å². The summed E-state index contributed by atoms with van der Waals surface area (Å²) in [5.41, 5.74) is 0.480. The average Bonchev–Trinajstić information content (AvgIpc) is 2.25. The zero-order valence-corrected chi connectivity index (χ0v) is 11.6. The van der Waals surface area contributed by atoms with Crippen LogP contribution >= 0.6 is 11.8 Å². The molecule has 0 radical (unpaired) electrons. The number of aliphatic hydroxyl groups excluding tert-OH is 1. The SMILES string of the molecule is CC1(C)CCCCC1NCCSCCCO. The van der Waals surface area contributed by atoms with Gasteiger partial charge in [-0.1, -0.05) is 26.7 Å². The molecule has 96 valence electrons. The number of hydrogen-bond donors (Lipinski definition) is 2. The van der Waals surface area contributed by atoms with Crippen molar-refractivity contribution in [1.82, 2.24) is 5.32 Å². The van der Waals surface area contributed by atoms with E-state index in [1.807, 2.05) is 11.8 Å². The molecule has 1 saturated carbocycles. The summed E-state index contributed by atoms with van der Waals surface area (Å²) >= 11 is 1.94. The first-order chi connectivity index (χ1) is 7.67. The summed E-state index contributed by atoms with van der Waals surface area (Å²) in [7, 11) is 0. The third-order valence-corrected chi connectivity index (χ3v) is 4.66. The maximum atomic E-state index is 8.67. The van der Waals surface area contributed by atoms with Crippen LogP contribution in [0.1, 0.15) is 46.0 Å². The van der Waals surface area contributed by atoms with Gasteiger partial charge in [0.15, 0.2) is 0 Å². The second-order valence-electron chi connectivity index (χ2n) is 5.43. The Labute approximate surface area is 105 Å². The monoisotopic (exact) mass is 245 g/mol. The minimum absolute atomic E-state index is 0.329. The Morgan fingerprint density at radius 2 is 2.12 bits per heavy atom. The summed E-state index contributed by atoms with van der Waals surface area (Å²) in [6, 6.07) is 0.708. The first-order valence-corrected chi connectivity index (χ1v) is 7.74. The number of aliphatic hydroxyl groups is 1. The lowest BCUT2D eigenvalue weighted by molar-refractivity contribution is 0.170. The predicted molar refractivity (Wildman–Crippen MR) is 73.1 cm³/mol. The molecule has 1 rings (SSSR count). The molecule has 0 amide bonds. The summed E-state index contributed by atoms with van der Waals surface area (Å²) in [5, 5.41) is 12.4. The summed E-state index contributed by atoms with van der Waals surface area (Å²) in [6.07, 6.45) is 6.42. The van der Waals surface area contributed by atoms with Crippen LogP contribution in [0.2, 0.25) is 0 Å². The third-order valence-electron chi connectivity index (χ3n) is 3.59. The van der Waals surface area contributed by atoms with Gasteiger partial charge in [-0.3, -0.25) is 0 Å². The molecule has 1 atom stereocenters. The molecule has 0 aromatic heterocycles. The standard InChI is InChI=1S/C13H27NOS/c1-13(2)7-4-3-6-12(13)14-8-11-16-10-5-9-15/h12,14-15H,3-11H2,1-2H3. The van der Waals surface area contributed by atoms with Crippen molar-refractivity contribution in [2.75, 3.05) is 24.7 Å². The van der Waals surface area contributed by atoms with Crippen LogP contribution in [-0.4, -0.2) is 35.8 Å². The molecular formula is C13H27NOS. The fraction of sp³-hybridized carbons (Fsp3) is 1.00. The summed E-state index contributed by atoms with van der Waals surface area (Å²) in [6.45, 7) is 6.23. The molecule has 0 aromatic rings. The van der Waals surface area contributed by atoms with E-state index in [0.29, 0.717) is 18.1 Å². The van der Waals surface area contributed by atoms with Gasteiger partial charge >= 0.3 is 0 Å². The van der Waals surface area contributed by atoms with E-state index in [1.165, 1.54) is 31.4 Å². The van der Waals surface area contributed by atoms with E-state index in [9.17, 15) is 0 Å². The first-order valence-electron chi connectivity index (χ1n) is 6.59. The summed E-state index contributed by atoms with van der Waals surface area (Å²) in [5.74, 6) is 2.26. The van der Waals surface area contributed by atoms with Crippen molar-refractivity contribution in [1.29, 1.82) is 0 Å². The van der Waals surface area contributed by atoms with Crippen LogP contribution in [0.15, 0.2) is 0 Å². The highest BCUT2D eigenvalue weighted by Crippen LogP contribution is 2.35. The predicted octanol–water partition coefficient (Wildman–Crippen LogP) is 2.66. The van der Waals surface area contributed by atoms with Crippen LogP contribution in [0.4, 0.5) is 0 Å². The number of thioether (sulfide) groups is 1. The van der Waals surface area contributed by atoms with Gasteiger partial charge in [0, 0.05) is 24.9 Å². The Bertz CT molecular complexity index is 185. The van der Waals surface area contributed by atoms with E-state index in [0.717, 1.165) is 18.7 Å². The fourth-order valence-electron chi connectivity index (χ4n) is 2.45. The Balaban J connectivity index is 2.07. The molecule has 1 fully saturated rings. The number of nitrogens with one attached hydrogen (secondary N) is 1. The van der Waals surface area contributed by atoms with Crippen molar-refractivity contribution in [2.24, 2.45) is 5.41 Å². The van der Waals surface area contributed by atoms with E-state index >= 15 is 0 Å². The summed E-state index contributed by atoms with van der Waals surface area (Å²) in [4.78, 5) is 0. The van der Waals surface area contributed by atoms with Crippen molar-refractivity contribution < 1.29 is 5.11 Å². The van der Waals surface area contributed by atoms with Gasteiger partial charge in [0.1, 0.15) is 0 Å². The van der Waals surface area contributed by atoms with E-state index in [1.54, 1.807) is 0 Å². The average molecular weight is 245 g/mol.